The van der Waals surface area contributed by atoms with Crippen LogP contribution >= 0.6 is 0 Å². The van der Waals surface area contributed by atoms with Gasteiger partial charge in [0.2, 0.25) is 11.8 Å². The molecule has 0 spiro atoms. The minimum absolute atomic E-state index is 0. The Kier molecular flexibility index (Phi) is 3.47. The first-order chi connectivity index (χ1) is 4.18. The number of urea groups is 1. The molecule has 0 saturated carbocycles. The van der Waals surface area contributed by atoms with Crippen molar-refractivity contribution < 1.29 is 14.4 Å². The third kappa shape index (κ3) is 2.42. The Morgan fingerprint density at radius 3 is 1.70 bits per heavy atom. The summed E-state index contributed by atoms with van der Waals surface area (Å²) in [6.07, 6.45) is -0.258. The van der Waals surface area contributed by atoms with Gasteiger partial charge >= 0.3 is 6.03 Å². The van der Waals surface area contributed by atoms with Crippen LogP contribution in [0.25, 0.3) is 0 Å². The molecule has 0 unspecified atom stereocenters. The Morgan fingerprint density at radius 2 is 1.40 bits per heavy atom. The number of hydrogen-bond acceptors (Lipinski definition) is 3. The molecule has 4 radical (unpaired) electrons. The van der Waals surface area contributed by atoms with E-state index in [-0.39, 0.29) is 33.7 Å². The minimum atomic E-state index is -0.740. The maximum absolute atomic E-state index is 10.3. The molecular weight excluding hydrogens is 331 g/mol. The van der Waals surface area contributed by atoms with E-state index in [0.29, 0.717) is 0 Å². The third-order valence-electron chi connectivity index (χ3n) is 0.827. The zero-order chi connectivity index (χ0) is 6.85. The van der Waals surface area contributed by atoms with Crippen molar-refractivity contribution in [2.75, 3.05) is 0 Å². The van der Waals surface area contributed by atoms with Crippen molar-refractivity contribution in [3.8, 4) is 0 Å². The Bertz CT molecular complexity index is 146. The van der Waals surface area contributed by atoms with Gasteiger partial charge in [0.25, 0.3) is 0 Å². The molecule has 0 atom stereocenters. The average Bonchev–Trinajstić information content (AvgIpc) is 1.59. The Morgan fingerprint density at radius 1 is 1.00 bits per heavy atom. The number of carbonyl (C=O) groups is 3. The quantitative estimate of drug-likeness (QED) is 0.412. The fourth-order valence-electron chi connectivity index (χ4n) is 0.519. The van der Waals surface area contributed by atoms with Crippen LogP contribution in [-0.4, -0.2) is 45.1 Å². The number of amides is 4. The van der Waals surface area contributed by atoms with Gasteiger partial charge in [-0.15, -0.1) is 0 Å². The second kappa shape index (κ2) is 3.64. The molecule has 1 saturated heterocycles. The van der Waals surface area contributed by atoms with Gasteiger partial charge in [0.15, 0.2) is 0 Å². The van der Waals surface area contributed by atoms with Crippen LogP contribution in [0, 0.1) is 0 Å². The van der Waals surface area contributed by atoms with E-state index in [1.807, 2.05) is 10.6 Å². The molecule has 5 nitrogen and oxygen atoms in total. The molecule has 10 heavy (non-hydrogen) atoms. The molecule has 0 aliphatic carbocycles. The van der Waals surface area contributed by atoms with Crippen molar-refractivity contribution in [2.24, 2.45) is 0 Å². The van der Waals surface area contributed by atoms with Gasteiger partial charge in [-0.05, 0) is 0 Å². The van der Waals surface area contributed by atoms with Crippen LogP contribution in [-0.2, 0) is 9.59 Å². The van der Waals surface area contributed by atoms with E-state index in [2.05, 4.69) is 0 Å². The monoisotopic (exact) mass is 336 g/mol. The molecule has 6 heteroatoms. The fourth-order valence-corrected chi connectivity index (χ4v) is 0.519. The summed E-state index contributed by atoms with van der Waals surface area (Å²) < 4.78 is 0. The summed E-state index contributed by atoms with van der Waals surface area (Å²) in [5.74, 6) is -1.10. The van der Waals surface area contributed by atoms with Gasteiger partial charge in [0.1, 0.15) is 6.42 Å². The topological polar surface area (TPSA) is 75.3 Å². The third-order valence-corrected chi connectivity index (χ3v) is 0.827. The maximum atomic E-state index is 10.3. The van der Waals surface area contributed by atoms with Gasteiger partial charge in [0.05, 0.1) is 0 Å². The van der Waals surface area contributed by atoms with E-state index in [4.69, 9.17) is 0 Å². The largest absolute Gasteiger partial charge is 0.328 e. The van der Waals surface area contributed by atoms with E-state index in [0.717, 1.165) is 0 Å². The fraction of sp³-hybridized carbons (Fsp3) is 0.250. The predicted molar refractivity (Wildman–Crippen MR) is 32.1 cm³/mol. The first-order valence-corrected chi connectivity index (χ1v) is 2.32. The van der Waals surface area contributed by atoms with Crippen LogP contribution < -0.4 is 10.6 Å². The second-order valence-corrected chi connectivity index (χ2v) is 1.60. The molecular formula is C4H4N2O3Pb. The maximum Gasteiger partial charge on any atom is 0.328 e. The van der Waals surface area contributed by atoms with Gasteiger partial charge in [-0.1, -0.05) is 0 Å². The van der Waals surface area contributed by atoms with Crippen LogP contribution in [0.3, 0.4) is 0 Å². The van der Waals surface area contributed by atoms with E-state index < -0.39 is 17.8 Å². The van der Waals surface area contributed by atoms with Gasteiger partial charge < -0.3 is 0 Å². The van der Waals surface area contributed by atoms with Crippen molar-refractivity contribution in [1.82, 2.24) is 10.6 Å². The van der Waals surface area contributed by atoms with Crippen LogP contribution in [0.4, 0.5) is 4.79 Å². The second-order valence-electron chi connectivity index (χ2n) is 1.60. The van der Waals surface area contributed by atoms with Crippen molar-refractivity contribution in [3.63, 3.8) is 0 Å². The molecule has 0 aromatic carbocycles. The molecule has 1 aliphatic heterocycles. The van der Waals surface area contributed by atoms with Crippen LogP contribution in [0.2, 0.25) is 0 Å². The number of rotatable bonds is 0. The molecule has 1 heterocycles. The summed E-state index contributed by atoms with van der Waals surface area (Å²) in [6, 6.07) is -0.740. The minimum Gasteiger partial charge on any atom is -0.277 e. The van der Waals surface area contributed by atoms with E-state index in [9.17, 15) is 14.4 Å². The molecule has 0 aromatic rings. The smallest absolute Gasteiger partial charge is 0.277 e. The molecule has 1 aliphatic rings. The summed E-state index contributed by atoms with van der Waals surface area (Å²) in [5.41, 5.74) is 0. The van der Waals surface area contributed by atoms with Gasteiger partial charge in [-0.3, -0.25) is 20.2 Å². The molecule has 52 valence electrons. The van der Waals surface area contributed by atoms with Gasteiger partial charge in [-0.2, -0.15) is 0 Å². The van der Waals surface area contributed by atoms with E-state index >= 15 is 0 Å². The first kappa shape index (κ1) is 9.53. The molecule has 0 aromatic heterocycles. The van der Waals surface area contributed by atoms with Crippen LogP contribution in [0.1, 0.15) is 6.42 Å². The van der Waals surface area contributed by atoms with Crippen molar-refractivity contribution in [3.05, 3.63) is 0 Å². The summed E-state index contributed by atoms with van der Waals surface area (Å²) in [7, 11) is 0. The number of carbonyl (C=O) groups excluding carboxylic acids is 3. The molecule has 4 amide bonds. The van der Waals surface area contributed by atoms with Crippen molar-refractivity contribution in [2.45, 2.75) is 6.42 Å². The zero-order valence-electron chi connectivity index (χ0n) is 4.93. The van der Waals surface area contributed by atoms with Gasteiger partial charge in [-0.25, -0.2) is 4.79 Å². The van der Waals surface area contributed by atoms with Crippen molar-refractivity contribution in [1.29, 1.82) is 0 Å². The van der Waals surface area contributed by atoms with Crippen LogP contribution in [0.15, 0.2) is 0 Å². The molecule has 1 fully saturated rings. The summed E-state index contributed by atoms with van der Waals surface area (Å²) in [4.78, 5) is 30.8. The van der Waals surface area contributed by atoms with E-state index in [1.54, 1.807) is 0 Å². The SMILES string of the molecule is O=C1CC(=O)NC(=O)N1.[Pb]. The van der Waals surface area contributed by atoms with Crippen molar-refractivity contribution >= 4 is 45.1 Å². The zero-order valence-corrected chi connectivity index (χ0v) is 8.82. The number of barbiturate groups is 1. The summed E-state index contributed by atoms with van der Waals surface area (Å²) in [6.45, 7) is 0. The number of imide groups is 2. The molecule has 2 N–H and O–H groups in total. The first-order valence-electron chi connectivity index (χ1n) is 2.32. The van der Waals surface area contributed by atoms with E-state index in [1.165, 1.54) is 0 Å². The standard InChI is InChI=1S/C4H4N2O3.Pb/c7-2-1-3(8)6-4(9)5-2;/h1H2,(H2,5,6,7,8,9);. The Hall–Kier alpha value is -0.468. The molecule has 1 rings (SSSR count). The summed E-state index contributed by atoms with van der Waals surface area (Å²) in [5, 5.41) is 3.80. The number of nitrogens with one attached hydrogen (secondary N) is 2. The Balaban J connectivity index is 0.000000810. The number of hydrogen-bond donors (Lipinski definition) is 2. The normalized spacial score (nSPS) is 17.0. The summed E-state index contributed by atoms with van der Waals surface area (Å²) >= 11 is 0. The predicted octanol–water partition coefficient (Wildman–Crippen LogP) is -1.64. The Labute approximate surface area is 76.7 Å². The van der Waals surface area contributed by atoms with Gasteiger partial charge in [0, 0.05) is 27.3 Å². The average molecular weight is 335 g/mol. The van der Waals surface area contributed by atoms with Crippen LogP contribution in [0.5, 0.6) is 0 Å². The molecule has 0 bridgehead atoms.